The number of fused-ring (bicyclic) bond motifs is 1. The molecule has 0 radical (unpaired) electrons. The first-order valence-electron chi connectivity index (χ1n) is 9.52. The van der Waals surface area contributed by atoms with Gasteiger partial charge in [-0.1, -0.05) is 24.3 Å². The van der Waals surface area contributed by atoms with Gasteiger partial charge in [-0.3, -0.25) is 14.7 Å². The molecule has 3 heterocycles. The Morgan fingerprint density at radius 2 is 1.82 bits per heavy atom. The number of hydrogen-bond donors (Lipinski definition) is 2. The van der Waals surface area contributed by atoms with Crippen molar-refractivity contribution in [2.75, 3.05) is 32.7 Å². The van der Waals surface area contributed by atoms with Crippen molar-refractivity contribution in [2.45, 2.75) is 26.3 Å². The largest absolute Gasteiger partial charge is 0.339 e. The zero-order chi connectivity index (χ0) is 18.8. The van der Waals surface area contributed by atoms with Gasteiger partial charge in [0, 0.05) is 56.9 Å². The van der Waals surface area contributed by atoms with Gasteiger partial charge in [0.1, 0.15) is 0 Å². The fraction of sp³-hybridized carbons (Fsp3) is 0.450. The molecule has 7 nitrogen and oxygen atoms in total. The minimum absolute atomic E-state index is 0. The molecule has 1 aromatic carbocycles. The maximum Gasteiger partial charge on any atom is 0.274 e. The van der Waals surface area contributed by atoms with E-state index in [0.717, 1.165) is 35.3 Å². The summed E-state index contributed by atoms with van der Waals surface area (Å²) in [6.45, 7) is 5.86. The molecule has 2 aromatic rings. The second kappa shape index (κ2) is 8.75. The van der Waals surface area contributed by atoms with E-state index >= 15 is 0 Å². The highest BCUT2D eigenvalue weighted by Gasteiger charge is 2.29. The van der Waals surface area contributed by atoms with Crippen LogP contribution < -0.4 is 5.32 Å². The van der Waals surface area contributed by atoms with E-state index in [1.165, 1.54) is 0 Å². The highest BCUT2D eigenvalue weighted by atomic mass is 35.5. The van der Waals surface area contributed by atoms with Crippen LogP contribution in [0.25, 0.3) is 0 Å². The van der Waals surface area contributed by atoms with Crippen molar-refractivity contribution < 1.29 is 9.59 Å². The lowest BCUT2D eigenvalue weighted by Gasteiger charge is -2.34. The lowest BCUT2D eigenvalue weighted by molar-refractivity contribution is -0.131. The summed E-state index contributed by atoms with van der Waals surface area (Å²) in [7, 11) is 0. The van der Waals surface area contributed by atoms with Crippen LogP contribution in [0.4, 0.5) is 0 Å². The van der Waals surface area contributed by atoms with Gasteiger partial charge >= 0.3 is 0 Å². The number of hydrogen-bond acceptors (Lipinski definition) is 4. The topological polar surface area (TPSA) is 81.3 Å². The summed E-state index contributed by atoms with van der Waals surface area (Å²) in [5.41, 5.74) is 4.78. The number of carbonyl (C=O) groups is 2. The fourth-order valence-electron chi connectivity index (χ4n) is 3.79. The third-order valence-electron chi connectivity index (χ3n) is 5.53. The van der Waals surface area contributed by atoms with Crippen molar-refractivity contribution in [3.8, 4) is 0 Å². The summed E-state index contributed by atoms with van der Waals surface area (Å²) in [4.78, 5) is 29.1. The number of aromatic nitrogens is 2. The number of halogens is 1. The molecule has 0 aliphatic carbocycles. The van der Waals surface area contributed by atoms with E-state index in [1.54, 1.807) is 0 Å². The van der Waals surface area contributed by atoms with Gasteiger partial charge in [0.05, 0.1) is 6.42 Å². The van der Waals surface area contributed by atoms with Crippen molar-refractivity contribution in [2.24, 2.45) is 0 Å². The summed E-state index contributed by atoms with van der Waals surface area (Å²) in [5, 5.41) is 10.6. The number of aryl methyl sites for hydroxylation is 1. The average molecular weight is 404 g/mol. The standard InChI is InChI=1S/C20H25N5O2.ClH/c1-14-4-2-3-5-15(14)12-18(26)24-8-10-25(11-9-24)20(27)19-16-13-21-7-6-17(16)22-23-19;/h2-5,21H,6-13H2,1H3,(H,22,23);1H. The van der Waals surface area contributed by atoms with Crippen LogP contribution >= 0.6 is 12.4 Å². The molecular weight excluding hydrogens is 378 g/mol. The molecule has 150 valence electrons. The zero-order valence-corrected chi connectivity index (χ0v) is 16.8. The Morgan fingerprint density at radius 3 is 2.57 bits per heavy atom. The van der Waals surface area contributed by atoms with Crippen molar-refractivity contribution in [1.29, 1.82) is 0 Å². The normalized spacial score (nSPS) is 16.3. The summed E-state index contributed by atoms with van der Waals surface area (Å²) >= 11 is 0. The maximum atomic E-state index is 12.9. The smallest absolute Gasteiger partial charge is 0.274 e. The Hall–Kier alpha value is -2.38. The van der Waals surface area contributed by atoms with Gasteiger partial charge in [0.15, 0.2) is 5.69 Å². The average Bonchev–Trinajstić information content (AvgIpc) is 3.13. The van der Waals surface area contributed by atoms with Crippen LogP contribution in [0.2, 0.25) is 0 Å². The number of carbonyl (C=O) groups excluding carboxylic acids is 2. The Labute approximate surface area is 170 Å². The highest BCUT2D eigenvalue weighted by molar-refractivity contribution is 5.94. The van der Waals surface area contributed by atoms with Gasteiger partial charge in [-0.25, -0.2) is 0 Å². The number of aromatic amines is 1. The van der Waals surface area contributed by atoms with Crippen molar-refractivity contribution in [3.05, 3.63) is 52.3 Å². The van der Waals surface area contributed by atoms with Crippen molar-refractivity contribution >= 4 is 24.2 Å². The molecule has 2 amide bonds. The molecule has 1 aromatic heterocycles. The second-order valence-electron chi connectivity index (χ2n) is 7.23. The summed E-state index contributed by atoms with van der Waals surface area (Å²) in [6, 6.07) is 7.98. The summed E-state index contributed by atoms with van der Waals surface area (Å²) in [5.74, 6) is 0.0833. The van der Waals surface area contributed by atoms with Crippen LogP contribution in [-0.4, -0.2) is 64.5 Å². The molecule has 2 aliphatic rings. The summed E-state index contributed by atoms with van der Waals surface area (Å²) in [6.07, 6.45) is 1.29. The molecule has 0 spiro atoms. The molecule has 2 aliphatic heterocycles. The molecule has 0 unspecified atom stereocenters. The number of piperazine rings is 1. The van der Waals surface area contributed by atoms with Gasteiger partial charge < -0.3 is 15.1 Å². The Kier molecular flexibility index (Phi) is 6.36. The van der Waals surface area contributed by atoms with Crippen LogP contribution in [0.1, 0.15) is 32.9 Å². The van der Waals surface area contributed by atoms with Crippen LogP contribution in [0.5, 0.6) is 0 Å². The van der Waals surface area contributed by atoms with Crippen LogP contribution in [-0.2, 0) is 24.2 Å². The molecule has 1 fully saturated rings. The summed E-state index contributed by atoms with van der Waals surface area (Å²) < 4.78 is 0. The SMILES string of the molecule is Cc1ccccc1CC(=O)N1CCN(C(=O)c2n[nH]c3c2CNCC3)CC1.Cl. The minimum atomic E-state index is -0.0396. The predicted octanol–water partition coefficient (Wildman–Crippen LogP) is 1.31. The van der Waals surface area contributed by atoms with E-state index in [9.17, 15) is 9.59 Å². The number of H-pyrrole nitrogens is 1. The first kappa shape index (κ1) is 20.4. The molecule has 4 rings (SSSR count). The molecule has 0 bridgehead atoms. The third-order valence-corrected chi connectivity index (χ3v) is 5.53. The van der Waals surface area contributed by atoms with Crippen LogP contribution in [0, 0.1) is 6.92 Å². The van der Waals surface area contributed by atoms with Gasteiger partial charge in [-0.2, -0.15) is 5.10 Å². The minimum Gasteiger partial charge on any atom is -0.339 e. The predicted molar refractivity (Wildman–Crippen MR) is 109 cm³/mol. The van der Waals surface area contributed by atoms with Gasteiger partial charge in [0.25, 0.3) is 5.91 Å². The van der Waals surface area contributed by atoms with E-state index in [1.807, 2.05) is 41.0 Å². The maximum absolute atomic E-state index is 12.9. The first-order valence-corrected chi connectivity index (χ1v) is 9.52. The van der Waals surface area contributed by atoms with E-state index in [-0.39, 0.29) is 24.2 Å². The molecule has 8 heteroatoms. The van der Waals surface area contributed by atoms with Crippen molar-refractivity contribution in [3.63, 3.8) is 0 Å². The molecule has 0 atom stereocenters. The quantitative estimate of drug-likeness (QED) is 0.809. The number of nitrogens with one attached hydrogen (secondary N) is 2. The number of rotatable bonds is 3. The Morgan fingerprint density at radius 1 is 1.11 bits per heavy atom. The molecule has 1 saturated heterocycles. The molecule has 2 N–H and O–H groups in total. The van der Waals surface area contributed by atoms with Gasteiger partial charge in [-0.05, 0) is 18.1 Å². The van der Waals surface area contributed by atoms with E-state index in [2.05, 4.69) is 15.5 Å². The van der Waals surface area contributed by atoms with Crippen LogP contribution in [0.3, 0.4) is 0 Å². The monoisotopic (exact) mass is 403 g/mol. The molecule has 28 heavy (non-hydrogen) atoms. The first-order chi connectivity index (χ1) is 13.1. The number of amides is 2. The molecule has 0 saturated carbocycles. The lowest BCUT2D eigenvalue weighted by atomic mass is 10.0. The number of benzene rings is 1. The van der Waals surface area contributed by atoms with Crippen LogP contribution in [0.15, 0.2) is 24.3 Å². The van der Waals surface area contributed by atoms with E-state index in [0.29, 0.717) is 44.8 Å². The Bertz CT molecular complexity index is 858. The highest BCUT2D eigenvalue weighted by Crippen LogP contribution is 2.18. The zero-order valence-electron chi connectivity index (χ0n) is 16.0. The van der Waals surface area contributed by atoms with Gasteiger partial charge in [-0.15, -0.1) is 12.4 Å². The third kappa shape index (κ3) is 4.05. The molecular formula is C20H26ClN5O2. The van der Waals surface area contributed by atoms with E-state index in [4.69, 9.17) is 0 Å². The number of nitrogens with zero attached hydrogens (tertiary/aromatic N) is 3. The van der Waals surface area contributed by atoms with Crippen molar-refractivity contribution in [1.82, 2.24) is 25.3 Å². The van der Waals surface area contributed by atoms with E-state index < -0.39 is 0 Å². The fourth-order valence-corrected chi connectivity index (χ4v) is 3.79. The second-order valence-corrected chi connectivity index (χ2v) is 7.23. The lowest BCUT2D eigenvalue weighted by Crippen LogP contribution is -2.51. The van der Waals surface area contributed by atoms with Gasteiger partial charge in [0.2, 0.25) is 5.91 Å². The Balaban J connectivity index is 0.00000225.